The van der Waals surface area contributed by atoms with Gasteiger partial charge in [0.2, 0.25) is 0 Å². The van der Waals surface area contributed by atoms with Crippen molar-refractivity contribution in [2.24, 2.45) is 0 Å². The van der Waals surface area contributed by atoms with Crippen LogP contribution in [-0.4, -0.2) is 25.0 Å². The first-order chi connectivity index (χ1) is 8.71. The third-order valence-electron chi connectivity index (χ3n) is 1.93. The molecular weight excluding hydrogens is 281 g/mol. The third kappa shape index (κ3) is 5.38. The van der Waals surface area contributed by atoms with Crippen LogP contribution in [0.25, 0.3) is 0 Å². The summed E-state index contributed by atoms with van der Waals surface area (Å²) in [4.78, 5) is 12.5. The largest absolute Gasteiger partial charge is 0.417 e. The standard InChI is InChI=1S/C10H10ClF3N2O.C2H6/c1-16(2)9(17)15-6-3-4-8(11)7(5-6)10(12,13)14;1-2/h3-5H,1-2H3,(H,15,17);1-2H3. The number of benzene rings is 1. The van der Waals surface area contributed by atoms with E-state index in [1.54, 1.807) is 0 Å². The summed E-state index contributed by atoms with van der Waals surface area (Å²) in [6.07, 6.45) is -4.55. The van der Waals surface area contributed by atoms with E-state index in [0.29, 0.717) is 0 Å². The maximum Gasteiger partial charge on any atom is 0.417 e. The molecule has 0 bridgehead atoms. The zero-order valence-electron chi connectivity index (χ0n) is 11.1. The molecular formula is C12H16ClF3N2O. The van der Waals surface area contributed by atoms with Crippen molar-refractivity contribution in [3.8, 4) is 0 Å². The number of nitrogens with one attached hydrogen (secondary N) is 1. The summed E-state index contributed by atoms with van der Waals surface area (Å²) >= 11 is 5.44. The molecule has 0 spiro atoms. The molecule has 3 nitrogen and oxygen atoms in total. The first kappa shape index (κ1) is 17.6. The summed E-state index contributed by atoms with van der Waals surface area (Å²) < 4.78 is 37.6. The van der Waals surface area contributed by atoms with E-state index >= 15 is 0 Å². The molecule has 0 aliphatic heterocycles. The molecule has 0 aliphatic rings. The van der Waals surface area contributed by atoms with Crippen LogP contribution in [0.3, 0.4) is 0 Å². The Labute approximate surface area is 115 Å². The molecule has 1 aromatic rings. The summed E-state index contributed by atoms with van der Waals surface area (Å²) in [6.45, 7) is 4.00. The average Bonchev–Trinajstić information content (AvgIpc) is 2.32. The van der Waals surface area contributed by atoms with Crippen molar-refractivity contribution in [1.29, 1.82) is 0 Å². The van der Waals surface area contributed by atoms with Crippen molar-refractivity contribution in [1.82, 2.24) is 4.90 Å². The number of urea groups is 1. The number of hydrogen-bond acceptors (Lipinski definition) is 1. The van der Waals surface area contributed by atoms with E-state index in [9.17, 15) is 18.0 Å². The van der Waals surface area contributed by atoms with E-state index in [2.05, 4.69) is 5.32 Å². The lowest BCUT2D eigenvalue weighted by molar-refractivity contribution is -0.137. The Balaban J connectivity index is 0.00000154. The summed E-state index contributed by atoms with van der Waals surface area (Å²) in [5.74, 6) is 0. The van der Waals surface area contributed by atoms with Crippen LogP contribution >= 0.6 is 11.6 Å². The van der Waals surface area contributed by atoms with Crippen molar-refractivity contribution in [3.63, 3.8) is 0 Å². The van der Waals surface area contributed by atoms with Crippen molar-refractivity contribution in [3.05, 3.63) is 28.8 Å². The van der Waals surface area contributed by atoms with Gasteiger partial charge in [-0.1, -0.05) is 25.4 Å². The topological polar surface area (TPSA) is 32.3 Å². The van der Waals surface area contributed by atoms with Gasteiger partial charge in [0.25, 0.3) is 0 Å². The van der Waals surface area contributed by atoms with Crippen LogP contribution in [0.5, 0.6) is 0 Å². The second-order valence-electron chi connectivity index (χ2n) is 3.52. The fourth-order valence-corrected chi connectivity index (χ4v) is 1.28. The van der Waals surface area contributed by atoms with Gasteiger partial charge in [0.1, 0.15) is 0 Å². The minimum atomic E-state index is -4.55. The van der Waals surface area contributed by atoms with Gasteiger partial charge < -0.3 is 10.2 Å². The van der Waals surface area contributed by atoms with Gasteiger partial charge >= 0.3 is 12.2 Å². The van der Waals surface area contributed by atoms with Gasteiger partial charge in [-0.05, 0) is 18.2 Å². The summed E-state index contributed by atoms with van der Waals surface area (Å²) in [7, 11) is 2.96. The molecule has 0 saturated carbocycles. The van der Waals surface area contributed by atoms with Gasteiger partial charge in [0, 0.05) is 19.8 Å². The Morgan fingerprint density at radius 3 is 2.21 bits per heavy atom. The van der Waals surface area contributed by atoms with Crippen LogP contribution in [0.1, 0.15) is 19.4 Å². The second kappa shape index (κ2) is 7.23. The third-order valence-corrected chi connectivity index (χ3v) is 2.26. The smallest absolute Gasteiger partial charge is 0.331 e. The highest BCUT2D eigenvalue weighted by Crippen LogP contribution is 2.36. The van der Waals surface area contributed by atoms with Gasteiger partial charge in [-0.25, -0.2) is 4.79 Å². The number of alkyl halides is 3. The van der Waals surface area contributed by atoms with Gasteiger partial charge in [0.05, 0.1) is 10.6 Å². The van der Waals surface area contributed by atoms with Crippen LogP contribution in [0.4, 0.5) is 23.7 Å². The number of halogens is 4. The van der Waals surface area contributed by atoms with Gasteiger partial charge in [-0.2, -0.15) is 13.2 Å². The molecule has 0 unspecified atom stereocenters. The van der Waals surface area contributed by atoms with Gasteiger partial charge in [-0.3, -0.25) is 0 Å². The van der Waals surface area contributed by atoms with Crippen molar-refractivity contribution in [2.45, 2.75) is 20.0 Å². The van der Waals surface area contributed by atoms with Crippen LogP contribution < -0.4 is 5.32 Å². The second-order valence-corrected chi connectivity index (χ2v) is 3.92. The molecule has 0 heterocycles. The Morgan fingerprint density at radius 2 is 1.79 bits per heavy atom. The molecule has 108 valence electrons. The van der Waals surface area contributed by atoms with Crippen LogP contribution in [0.2, 0.25) is 5.02 Å². The molecule has 0 saturated heterocycles. The lowest BCUT2D eigenvalue weighted by Crippen LogP contribution is -2.27. The highest BCUT2D eigenvalue weighted by molar-refractivity contribution is 6.31. The summed E-state index contributed by atoms with van der Waals surface area (Å²) in [6, 6.07) is 2.68. The molecule has 1 N–H and O–H groups in total. The highest BCUT2D eigenvalue weighted by atomic mass is 35.5. The van der Waals surface area contributed by atoms with E-state index in [1.807, 2.05) is 13.8 Å². The van der Waals surface area contributed by atoms with E-state index in [1.165, 1.54) is 25.1 Å². The first-order valence-corrected chi connectivity index (χ1v) is 5.94. The van der Waals surface area contributed by atoms with Crippen LogP contribution in [0.15, 0.2) is 18.2 Å². The van der Waals surface area contributed by atoms with E-state index in [-0.39, 0.29) is 5.69 Å². The molecule has 2 amide bonds. The number of hydrogen-bond donors (Lipinski definition) is 1. The number of nitrogens with zero attached hydrogens (tertiary/aromatic N) is 1. The molecule has 7 heteroatoms. The zero-order valence-corrected chi connectivity index (χ0v) is 11.9. The van der Waals surface area contributed by atoms with E-state index in [0.717, 1.165) is 12.1 Å². The Hall–Kier alpha value is -1.43. The molecule has 1 rings (SSSR count). The van der Waals surface area contributed by atoms with Crippen molar-refractivity contribution in [2.75, 3.05) is 19.4 Å². The molecule has 1 aromatic carbocycles. The highest BCUT2D eigenvalue weighted by Gasteiger charge is 2.33. The average molecular weight is 297 g/mol. The van der Waals surface area contributed by atoms with Crippen LogP contribution in [-0.2, 0) is 6.18 Å². The Morgan fingerprint density at radius 1 is 1.26 bits per heavy atom. The van der Waals surface area contributed by atoms with Gasteiger partial charge in [0.15, 0.2) is 0 Å². The zero-order chi connectivity index (χ0) is 15.2. The number of amides is 2. The molecule has 0 radical (unpaired) electrons. The molecule has 0 aromatic heterocycles. The number of rotatable bonds is 1. The van der Waals surface area contributed by atoms with E-state index in [4.69, 9.17) is 11.6 Å². The Kier molecular flexibility index (Phi) is 6.69. The Bertz CT molecular complexity index is 433. The normalized spacial score (nSPS) is 10.3. The minimum absolute atomic E-state index is 0.0421. The molecule has 0 fully saturated rings. The molecule has 0 aliphatic carbocycles. The first-order valence-electron chi connectivity index (χ1n) is 5.57. The lowest BCUT2D eigenvalue weighted by Gasteiger charge is -2.14. The maximum absolute atomic E-state index is 12.5. The van der Waals surface area contributed by atoms with Crippen molar-refractivity contribution < 1.29 is 18.0 Å². The fraction of sp³-hybridized carbons (Fsp3) is 0.417. The predicted molar refractivity (Wildman–Crippen MR) is 70.5 cm³/mol. The summed E-state index contributed by atoms with van der Waals surface area (Å²) in [5.41, 5.74) is -0.934. The fourth-order valence-electron chi connectivity index (χ4n) is 1.06. The number of carbonyl (C=O) groups excluding carboxylic acids is 1. The quantitative estimate of drug-likeness (QED) is 0.814. The number of carbonyl (C=O) groups is 1. The van der Waals surface area contributed by atoms with Crippen molar-refractivity contribution >= 4 is 23.3 Å². The minimum Gasteiger partial charge on any atom is -0.331 e. The molecule has 19 heavy (non-hydrogen) atoms. The number of anilines is 1. The molecule has 0 atom stereocenters. The van der Waals surface area contributed by atoms with E-state index < -0.39 is 22.8 Å². The predicted octanol–water partition coefficient (Wildman–Crippen LogP) is 4.48. The van der Waals surface area contributed by atoms with Crippen LogP contribution in [0, 0.1) is 0 Å². The SMILES string of the molecule is CC.CN(C)C(=O)Nc1ccc(Cl)c(C(F)(F)F)c1. The monoisotopic (exact) mass is 296 g/mol. The van der Waals surface area contributed by atoms with Gasteiger partial charge in [-0.15, -0.1) is 0 Å². The lowest BCUT2D eigenvalue weighted by atomic mass is 10.2. The summed E-state index contributed by atoms with van der Waals surface area (Å²) in [5, 5.41) is 1.91. The maximum atomic E-state index is 12.5.